The number of aliphatic hydroxyl groups excluding tert-OH is 1. The number of nitrogen functional groups attached to an aromatic ring is 1. The molecule has 1 saturated heterocycles. The Morgan fingerprint density at radius 1 is 0.553 bits per heavy atom. The van der Waals surface area contributed by atoms with Crippen LogP contribution in [0.2, 0.25) is 0 Å². The number of aliphatic carboxylic acids is 4. The zero-order chi connectivity index (χ0) is 90.9. The number of ketones is 1. The van der Waals surface area contributed by atoms with E-state index in [-0.39, 0.29) is 36.6 Å². The molecule has 13 atom stereocenters. The number of aromatic nitrogens is 1. The number of nitrogens with one attached hydrogen (secondary N) is 14. The van der Waals surface area contributed by atoms with Gasteiger partial charge in [0.05, 0.1) is 51.8 Å². The molecular weight excluding hydrogens is 1610 g/mol. The molecule has 6 rings (SSSR count). The van der Waals surface area contributed by atoms with Gasteiger partial charge in [-0.05, 0) is 118 Å². The van der Waals surface area contributed by atoms with Gasteiger partial charge in [-0.25, -0.2) is 4.79 Å². The lowest BCUT2D eigenvalue weighted by Gasteiger charge is -2.30. The number of carbonyl (C=O) groups excluding carboxylic acids is 16. The number of nitrogens with two attached hydrogens (primary N) is 3. The number of benzene rings is 3. The normalized spacial score (nSPS) is 22.5. The van der Waals surface area contributed by atoms with Crippen molar-refractivity contribution in [3.05, 3.63) is 101 Å². The topological polar surface area (TPSA) is 702 Å². The number of aromatic amines is 1. The van der Waals surface area contributed by atoms with E-state index in [0.717, 1.165) is 70.6 Å². The maximum absolute atomic E-state index is 14.9. The smallest absolute Gasteiger partial charge is 0.337 e. The van der Waals surface area contributed by atoms with Gasteiger partial charge in [-0.2, -0.15) is 0 Å². The first-order valence-corrected chi connectivity index (χ1v) is 39.9. The summed E-state index contributed by atoms with van der Waals surface area (Å²) in [6.45, 7) is 1.10. The average molecular weight is 1720 g/mol. The highest BCUT2D eigenvalue weighted by Crippen LogP contribution is 2.38. The molecule has 14 amide bonds. The van der Waals surface area contributed by atoms with Crippen LogP contribution < -0.4 is 86.3 Å². The molecule has 2 fully saturated rings. The highest BCUT2D eigenvalue weighted by molar-refractivity contribution is 6.16. The summed E-state index contributed by atoms with van der Waals surface area (Å²) in [5.41, 5.74) is 18.9. The molecule has 1 aliphatic heterocycles. The maximum Gasteiger partial charge on any atom is 0.337 e. The molecular formula is C80H107N17O26. The number of unbranched alkanes of at least 4 members (excludes halogenated alkanes) is 3. The Labute approximate surface area is 704 Å². The highest BCUT2D eigenvalue weighted by Gasteiger charge is 2.43. The van der Waals surface area contributed by atoms with Crippen molar-refractivity contribution >= 4 is 135 Å². The fourth-order valence-electron chi connectivity index (χ4n) is 13.8. The average Bonchev–Trinajstić information content (AvgIpc) is 1.29. The number of carbonyl (C=O) groups is 20. The van der Waals surface area contributed by atoms with Crippen LogP contribution in [0.4, 0.5) is 5.69 Å². The lowest BCUT2D eigenvalue weighted by atomic mass is 9.77. The fourth-order valence-corrected chi connectivity index (χ4v) is 13.8. The van der Waals surface area contributed by atoms with Crippen LogP contribution in [0.15, 0.2) is 79.0 Å². The second-order valence-corrected chi connectivity index (χ2v) is 30.1. The van der Waals surface area contributed by atoms with E-state index >= 15 is 0 Å². The van der Waals surface area contributed by atoms with Crippen molar-refractivity contribution in [1.29, 1.82) is 0 Å². The van der Waals surface area contributed by atoms with E-state index in [9.17, 15) is 121 Å². The minimum Gasteiger partial charge on any atom is -0.481 e. The minimum atomic E-state index is -2.72. The summed E-state index contributed by atoms with van der Waals surface area (Å²) in [6.07, 6.45) is 2.57. The first kappa shape index (κ1) is 98.3. The van der Waals surface area contributed by atoms with Crippen molar-refractivity contribution in [3.63, 3.8) is 0 Å². The third-order valence-corrected chi connectivity index (χ3v) is 20.5. The molecule has 668 valence electrons. The molecule has 2 aliphatic rings. The summed E-state index contributed by atoms with van der Waals surface area (Å²) in [7, 11) is 0. The van der Waals surface area contributed by atoms with Crippen molar-refractivity contribution in [2.24, 2.45) is 23.3 Å². The number of H-pyrrole nitrogens is 1. The van der Waals surface area contributed by atoms with E-state index < -0.39 is 261 Å². The Hall–Kier alpha value is -13.5. The first-order valence-electron chi connectivity index (χ1n) is 39.9. The van der Waals surface area contributed by atoms with Crippen LogP contribution in [0.1, 0.15) is 168 Å². The predicted molar refractivity (Wildman–Crippen MR) is 432 cm³/mol. The number of carboxylic acids is 4. The van der Waals surface area contributed by atoms with Crippen molar-refractivity contribution in [2.75, 3.05) is 32.0 Å². The van der Waals surface area contributed by atoms with E-state index in [4.69, 9.17) is 21.9 Å². The molecule has 1 aromatic heterocycles. The molecule has 1 aliphatic carbocycles. The Morgan fingerprint density at radius 3 is 1.72 bits per heavy atom. The van der Waals surface area contributed by atoms with Crippen molar-refractivity contribution in [3.8, 4) is 0 Å². The quantitative estimate of drug-likeness (QED) is 0.00720. The lowest BCUT2D eigenvalue weighted by Crippen LogP contribution is -2.62. The van der Waals surface area contributed by atoms with Crippen LogP contribution in [-0.2, 0) is 97.5 Å². The molecule has 0 bridgehead atoms. The van der Waals surface area contributed by atoms with Gasteiger partial charge in [-0.1, -0.05) is 88.4 Å². The number of hydrogen-bond donors (Lipinski definition) is 22. The molecule has 43 nitrogen and oxygen atoms in total. The molecule has 0 radical (unpaired) electrons. The molecule has 4 aromatic rings. The monoisotopic (exact) mass is 1720 g/mol. The number of ether oxygens (including phenoxy) is 1. The first-order chi connectivity index (χ1) is 58.3. The zero-order valence-corrected chi connectivity index (χ0v) is 68.1. The number of rotatable bonds is 33. The standard InChI is InChI=1S/C80H107N17O26/c1-5-6-7-8-14-42-20-22-43(23-21-42)44-24-26-45(27-25-44)70(112)91-52(30-46-35-84-50-18-12-10-15-47(46)50)74(116)92-53(31-58(83)99)75(117)94-56(34-64(108)109)76(118)96-66-41(4)123-80(122)67(68(110)48-16-9-11-17-49(48)82)97-79(121)65(39(2)29-61(102)103)95-77(119)57(38-98)89-60(101)36-85-71(113)54(32-62(104)105)90-69(111)40(3)87-73(115)55(33-63(106)107)93-72(114)51(19-13-28-81)88-59(100)37-86-78(66)120/h9-12,15-18,24-27,35,39-43,51-57,65-67,84,98H,5-8,13-14,19-23,28-34,36-38,81-82H2,1-4H3,(H2,83,99)(H,85,113)(H,86,120)(H,87,115)(H,88,100)(H,89,101)(H,90,111)(H,91,112)(H,92,116)(H,93,114)(H,94,117)(H,95,119)(H,96,118)(H,97,121)(H,102,103)(H,104,105)(H,106,107)(H,108,109)/t39-,40-,41-,42?,43?,51+,52?,53-,54+,55+,56+,57-,65+,66+,67+/m1/s1. The SMILES string of the molecule is CCCCCCC1CCC(c2ccc(C(=O)NC(Cc3c[nH]c4ccccc34)C(=O)N[C@H](CC(N)=O)C(=O)N[C@@H](CC(=O)O)C(=O)N[C@@H]3C(=O)NCC(=O)N[C@@H](CCCN)C(=O)N[C@@H](CC(=O)O)C(=O)N[C@H](C)C(=O)N[C@@H](CC(=O)O)C(=O)NCC(=O)N[C@H](CO)C(=O)N[C@@H]([C@H](C)CC(=O)O)C(=O)N[C@@H](C(=O)c4ccccc4N)C(=O)O[C@@H]3C)cc2)CC1. The van der Waals surface area contributed by atoms with Crippen molar-refractivity contribution in [1.82, 2.24) is 74.1 Å². The molecule has 0 spiro atoms. The van der Waals surface area contributed by atoms with Crippen LogP contribution in [0.5, 0.6) is 0 Å². The molecule has 123 heavy (non-hydrogen) atoms. The van der Waals surface area contributed by atoms with Gasteiger partial charge in [-0.15, -0.1) is 0 Å². The van der Waals surface area contributed by atoms with Crippen molar-refractivity contribution < 1.29 is 126 Å². The number of anilines is 1. The Kier molecular flexibility index (Phi) is 38.4. The fraction of sp³-hybridized carbons (Fsp3) is 0.500. The number of primary amides is 1. The summed E-state index contributed by atoms with van der Waals surface area (Å²) < 4.78 is 5.65. The van der Waals surface area contributed by atoms with E-state index in [1.54, 1.807) is 42.6 Å². The number of esters is 1. The Balaban J connectivity index is 1.38. The predicted octanol–water partition coefficient (Wildman–Crippen LogP) is -3.59. The summed E-state index contributed by atoms with van der Waals surface area (Å²) in [5, 5.41) is 78.7. The molecule has 1 saturated carbocycles. The number of amides is 14. The number of carboxylic acid groups (broad SMARTS) is 4. The second kappa shape index (κ2) is 48.1. The maximum atomic E-state index is 14.9. The Morgan fingerprint density at radius 2 is 1.12 bits per heavy atom. The highest BCUT2D eigenvalue weighted by atomic mass is 16.5. The van der Waals surface area contributed by atoms with E-state index in [1.807, 2.05) is 33.4 Å². The van der Waals surface area contributed by atoms with Crippen LogP contribution in [0.25, 0.3) is 10.9 Å². The van der Waals surface area contributed by atoms with Crippen LogP contribution in [0.3, 0.4) is 0 Å². The van der Waals surface area contributed by atoms with E-state index in [1.165, 1.54) is 37.8 Å². The molecule has 3 aromatic carbocycles. The van der Waals surface area contributed by atoms with Gasteiger partial charge in [0.1, 0.15) is 66.5 Å². The second-order valence-electron chi connectivity index (χ2n) is 30.1. The molecule has 1 unspecified atom stereocenters. The van der Waals surface area contributed by atoms with E-state index in [0.29, 0.717) is 22.4 Å². The number of fused-ring (bicyclic) bond motifs is 1. The number of hydrogen-bond acceptors (Lipinski definition) is 24. The molecule has 2 heterocycles. The van der Waals surface area contributed by atoms with Crippen LogP contribution in [-0.4, -0.2) is 248 Å². The van der Waals surface area contributed by atoms with Gasteiger partial charge in [0, 0.05) is 40.3 Å². The number of aliphatic hydroxyl groups is 1. The van der Waals surface area contributed by atoms with Gasteiger partial charge in [0.25, 0.3) is 5.91 Å². The lowest BCUT2D eigenvalue weighted by molar-refractivity contribution is -0.155. The van der Waals surface area contributed by atoms with Crippen LogP contribution >= 0.6 is 0 Å². The Bertz CT molecular complexity index is 4530. The van der Waals surface area contributed by atoms with Crippen molar-refractivity contribution in [2.45, 2.75) is 215 Å². The molecule has 43 heteroatoms. The summed E-state index contributed by atoms with van der Waals surface area (Å²) in [4.78, 5) is 279. The summed E-state index contributed by atoms with van der Waals surface area (Å²) in [5.74, 6) is -30.0. The number of cyclic esters (lactones) is 1. The minimum absolute atomic E-state index is 0.102. The largest absolute Gasteiger partial charge is 0.481 e. The number of Topliss-reactive ketones (excluding diaryl/α,β-unsaturated/α-hetero) is 1. The third-order valence-electron chi connectivity index (χ3n) is 20.5. The zero-order valence-electron chi connectivity index (χ0n) is 68.1. The third kappa shape index (κ3) is 30.9. The number of para-hydroxylation sites is 2. The van der Waals surface area contributed by atoms with Crippen LogP contribution in [0, 0.1) is 11.8 Å². The van der Waals surface area contributed by atoms with Gasteiger partial charge in [-0.3, -0.25) is 91.1 Å². The summed E-state index contributed by atoms with van der Waals surface area (Å²) >= 11 is 0. The molecule has 25 N–H and O–H groups in total. The van der Waals surface area contributed by atoms with Gasteiger partial charge in [0.2, 0.25) is 76.8 Å². The van der Waals surface area contributed by atoms with Gasteiger partial charge < -0.3 is 122 Å². The van der Waals surface area contributed by atoms with E-state index in [2.05, 4.69) is 59.8 Å². The van der Waals surface area contributed by atoms with Gasteiger partial charge >= 0.3 is 29.8 Å². The van der Waals surface area contributed by atoms with Gasteiger partial charge in [0.15, 0.2) is 11.8 Å². The summed E-state index contributed by atoms with van der Waals surface area (Å²) in [6, 6.07) is -4.82.